The first kappa shape index (κ1) is 13.7. The maximum atomic E-state index is 13.3. The lowest BCUT2D eigenvalue weighted by atomic mass is 10.1. The number of nitrogens with one attached hydrogen (secondary N) is 1. The number of hydrogen-bond acceptors (Lipinski definition) is 5. The van der Waals surface area contributed by atoms with Gasteiger partial charge in [0.15, 0.2) is 5.57 Å². The Balaban J connectivity index is 3.15. The van der Waals surface area contributed by atoms with Crippen LogP contribution < -0.4 is 5.32 Å². The van der Waals surface area contributed by atoms with Gasteiger partial charge in [0.25, 0.3) is 0 Å². The molecule has 1 aromatic carbocycles. The van der Waals surface area contributed by atoms with Crippen molar-refractivity contribution in [3.05, 3.63) is 40.8 Å². The van der Waals surface area contributed by atoms with Crippen LogP contribution >= 0.6 is 0 Å². The highest BCUT2D eigenvalue weighted by atomic mass is 19.1. The second-order valence-electron chi connectivity index (χ2n) is 3.35. The third-order valence-electron chi connectivity index (χ3n) is 2.17. The molecule has 90 valence electrons. The fourth-order valence-electron chi connectivity index (χ4n) is 1.30. The van der Waals surface area contributed by atoms with Crippen LogP contribution in [-0.4, -0.2) is 0 Å². The Bertz CT molecular complexity index is 676. The average Bonchev–Trinajstić information content (AvgIpc) is 2.42. The predicted molar refractivity (Wildman–Crippen MR) is 63.2 cm³/mol. The molecule has 0 heterocycles. The molecule has 0 aliphatic rings. The highest BCUT2D eigenvalue weighted by Gasteiger charge is 2.08. The van der Waals surface area contributed by atoms with Gasteiger partial charge in [-0.05, 0) is 18.2 Å². The largest absolute Gasteiger partial charge is 0.345 e. The second-order valence-corrected chi connectivity index (χ2v) is 3.35. The predicted octanol–water partition coefficient (Wildman–Crippen LogP) is 2.13. The molecule has 6 heteroatoms. The number of anilines is 1. The number of allylic oxidation sites excluding steroid dienone is 2. The quantitative estimate of drug-likeness (QED) is 0.828. The van der Waals surface area contributed by atoms with E-state index in [-0.39, 0.29) is 23.3 Å². The summed E-state index contributed by atoms with van der Waals surface area (Å²) in [6.07, 6.45) is -0.115. The van der Waals surface area contributed by atoms with Gasteiger partial charge in [0.1, 0.15) is 29.7 Å². The number of rotatable bonds is 3. The van der Waals surface area contributed by atoms with Crippen LogP contribution in [0.2, 0.25) is 0 Å². The maximum Gasteiger partial charge on any atom is 0.163 e. The Morgan fingerprint density at radius 2 is 1.79 bits per heavy atom. The first-order chi connectivity index (χ1) is 9.15. The van der Waals surface area contributed by atoms with Crippen molar-refractivity contribution in [2.75, 3.05) is 5.32 Å². The number of halogens is 1. The van der Waals surface area contributed by atoms with E-state index in [9.17, 15) is 4.39 Å². The van der Waals surface area contributed by atoms with Gasteiger partial charge < -0.3 is 5.32 Å². The van der Waals surface area contributed by atoms with E-state index in [2.05, 4.69) is 5.32 Å². The molecule has 0 aromatic heterocycles. The highest BCUT2D eigenvalue weighted by molar-refractivity contribution is 5.59. The Morgan fingerprint density at radius 3 is 2.32 bits per heavy atom. The van der Waals surface area contributed by atoms with Gasteiger partial charge in [-0.15, -0.1) is 0 Å². The number of nitriles is 4. The van der Waals surface area contributed by atoms with Crippen molar-refractivity contribution in [2.45, 2.75) is 6.42 Å². The summed E-state index contributed by atoms with van der Waals surface area (Å²) in [4.78, 5) is 0. The molecule has 1 rings (SSSR count). The maximum absolute atomic E-state index is 13.3. The van der Waals surface area contributed by atoms with E-state index in [1.807, 2.05) is 6.07 Å². The lowest BCUT2D eigenvalue weighted by molar-refractivity contribution is 0.615. The van der Waals surface area contributed by atoms with E-state index >= 15 is 0 Å². The summed E-state index contributed by atoms with van der Waals surface area (Å²) in [5.41, 5.74) is -0.0976. The van der Waals surface area contributed by atoms with E-state index in [1.165, 1.54) is 12.1 Å². The van der Waals surface area contributed by atoms with E-state index in [1.54, 1.807) is 18.2 Å². The molecule has 0 amide bonds. The van der Waals surface area contributed by atoms with Gasteiger partial charge in [0, 0.05) is 11.3 Å². The van der Waals surface area contributed by atoms with Gasteiger partial charge in [-0.1, -0.05) is 0 Å². The molecule has 1 N–H and O–H groups in total. The summed E-state index contributed by atoms with van der Waals surface area (Å²) >= 11 is 0. The fourth-order valence-corrected chi connectivity index (χ4v) is 1.30. The molecular formula is C13H6FN5. The van der Waals surface area contributed by atoms with Crippen molar-refractivity contribution in [1.29, 1.82) is 21.0 Å². The molecule has 1 aromatic rings. The summed E-state index contributed by atoms with van der Waals surface area (Å²) < 4.78 is 13.3. The van der Waals surface area contributed by atoms with Crippen LogP contribution in [0, 0.1) is 51.1 Å². The van der Waals surface area contributed by atoms with E-state index in [4.69, 9.17) is 21.0 Å². The number of hydrogen-bond donors (Lipinski definition) is 1. The zero-order chi connectivity index (χ0) is 14.3. The van der Waals surface area contributed by atoms with E-state index in [0.29, 0.717) is 5.69 Å². The minimum atomic E-state index is -0.532. The lowest BCUT2D eigenvalue weighted by Crippen LogP contribution is -2.02. The normalized spacial score (nSPS) is 8.26. The lowest BCUT2D eigenvalue weighted by Gasteiger charge is -2.06. The van der Waals surface area contributed by atoms with Crippen molar-refractivity contribution in [1.82, 2.24) is 0 Å². The van der Waals surface area contributed by atoms with Gasteiger partial charge in [-0.3, -0.25) is 0 Å². The molecule has 0 aliphatic carbocycles. The smallest absolute Gasteiger partial charge is 0.163 e. The van der Waals surface area contributed by atoms with Crippen LogP contribution in [0.1, 0.15) is 5.56 Å². The van der Waals surface area contributed by atoms with Crippen LogP contribution in [-0.2, 0) is 6.42 Å². The molecule has 0 spiro atoms. The first-order valence-electron chi connectivity index (χ1n) is 5.03. The van der Waals surface area contributed by atoms with Crippen molar-refractivity contribution >= 4 is 5.69 Å². The van der Waals surface area contributed by atoms with Crippen molar-refractivity contribution in [3.8, 4) is 24.3 Å². The molecule has 0 radical (unpaired) electrons. The molecular weight excluding hydrogens is 245 g/mol. The minimum Gasteiger partial charge on any atom is -0.345 e. The van der Waals surface area contributed by atoms with Crippen molar-refractivity contribution in [2.24, 2.45) is 0 Å². The molecule has 0 fully saturated rings. The van der Waals surface area contributed by atoms with Crippen LogP contribution in [0.4, 0.5) is 10.1 Å². The summed E-state index contributed by atoms with van der Waals surface area (Å²) in [5, 5.41) is 37.3. The minimum absolute atomic E-state index is 0.115. The fraction of sp³-hybridized carbons (Fsp3) is 0.0769. The summed E-state index contributed by atoms with van der Waals surface area (Å²) in [6.45, 7) is 0. The molecule has 0 bridgehead atoms. The molecule has 19 heavy (non-hydrogen) atoms. The second kappa shape index (κ2) is 6.40. The Kier molecular flexibility index (Phi) is 4.62. The zero-order valence-corrected chi connectivity index (χ0v) is 9.61. The molecule has 0 aliphatic heterocycles. The van der Waals surface area contributed by atoms with Crippen LogP contribution in [0.3, 0.4) is 0 Å². The van der Waals surface area contributed by atoms with E-state index < -0.39 is 5.82 Å². The first-order valence-corrected chi connectivity index (χ1v) is 5.03. The summed E-state index contributed by atoms with van der Waals surface area (Å²) in [5.74, 6) is -0.532. The monoisotopic (exact) mass is 251 g/mol. The standard InChI is InChI=1S/C13H6FN5/c14-12-2-1-11(5-9(12)3-4-15)19-13(8-18)10(6-16)7-17/h1-2,5,19H,3H2. The van der Waals surface area contributed by atoms with E-state index in [0.717, 1.165) is 6.07 Å². The van der Waals surface area contributed by atoms with Crippen LogP contribution in [0.15, 0.2) is 29.5 Å². The topological polar surface area (TPSA) is 107 Å². The third-order valence-corrected chi connectivity index (χ3v) is 2.17. The van der Waals surface area contributed by atoms with Crippen molar-refractivity contribution < 1.29 is 4.39 Å². The molecule has 0 unspecified atom stereocenters. The Hall–Kier alpha value is -3.35. The van der Waals surface area contributed by atoms with Gasteiger partial charge in [-0.2, -0.15) is 21.0 Å². The zero-order valence-electron chi connectivity index (χ0n) is 9.61. The van der Waals surface area contributed by atoms with Gasteiger partial charge >= 0.3 is 0 Å². The number of nitrogens with zero attached hydrogens (tertiary/aromatic N) is 4. The molecule has 0 atom stereocenters. The summed E-state index contributed by atoms with van der Waals surface area (Å²) in [6, 6.07) is 10.5. The highest BCUT2D eigenvalue weighted by Crippen LogP contribution is 2.17. The van der Waals surface area contributed by atoms with Gasteiger partial charge in [0.05, 0.1) is 12.5 Å². The molecule has 0 saturated heterocycles. The van der Waals surface area contributed by atoms with Gasteiger partial charge in [0.2, 0.25) is 0 Å². The molecule has 0 saturated carbocycles. The number of benzene rings is 1. The Morgan fingerprint density at radius 1 is 1.11 bits per heavy atom. The van der Waals surface area contributed by atoms with Crippen LogP contribution in [0.5, 0.6) is 0 Å². The van der Waals surface area contributed by atoms with Gasteiger partial charge in [-0.25, -0.2) is 4.39 Å². The SMILES string of the molecule is N#CCc1cc(NC(C#N)=C(C#N)C#N)ccc1F. The van der Waals surface area contributed by atoms with Crippen LogP contribution in [0.25, 0.3) is 0 Å². The summed E-state index contributed by atoms with van der Waals surface area (Å²) in [7, 11) is 0. The molecule has 5 nitrogen and oxygen atoms in total. The van der Waals surface area contributed by atoms with Crippen molar-refractivity contribution in [3.63, 3.8) is 0 Å². The Labute approximate surface area is 109 Å². The third kappa shape index (κ3) is 3.30. The average molecular weight is 251 g/mol.